The summed E-state index contributed by atoms with van der Waals surface area (Å²) in [5, 5.41) is 2.61. The van der Waals surface area contributed by atoms with Gasteiger partial charge in [-0.25, -0.2) is 4.79 Å². The van der Waals surface area contributed by atoms with Gasteiger partial charge in [-0.2, -0.15) is 0 Å². The fourth-order valence-electron chi connectivity index (χ4n) is 0.754. The van der Waals surface area contributed by atoms with Gasteiger partial charge in [-0.15, -0.1) is 0 Å². The number of alkyl carbamates (subject to hydrolysis) is 1. The van der Waals surface area contributed by atoms with Crippen molar-refractivity contribution in [2.45, 2.75) is 32.8 Å². The second kappa shape index (κ2) is 6.43. The van der Waals surface area contributed by atoms with Crippen LogP contribution in [0.25, 0.3) is 0 Å². The summed E-state index contributed by atoms with van der Waals surface area (Å²) in [6.07, 6.45) is 4.22. The third-order valence-electron chi connectivity index (χ3n) is 1.26. The van der Waals surface area contributed by atoms with E-state index in [1.807, 2.05) is 32.9 Å². The van der Waals surface area contributed by atoms with Gasteiger partial charge in [0.2, 0.25) is 0 Å². The molecule has 0 bridgehead atoms. The maximum atomic E-state index is 11.1. The molecule has 0 aromatic rings. The first-order valence-electron chi connectivity index (χ1n) is 4.77. The Bertz CT molecular complexity index is 195. The zero-order valence-electron chi connectivity index (χ0n) is 9.17. The average Bonchev–Trinajstić information content (AvgIpc) is 2.00. The van der Waals surface area contributed by atoms with E-state index < -0.39 is 11.7 Å². The van der Waals surface area contributed by atoms with E-state index in [0.29, 0.717) is 13.1 Å². The summed E-state index contributed by atoms with van der Waals surface area (Å²) in [7, 11) is 0. The molecular weight excluding hydrogens is 180 g/mol. The van der Waals surface area contributed by atoms with Crippen LogP contribution in [-0.4, -0.2) is 24.8 Å². The molecule has 0 aromatic heterocycles. The van der Waals surface area contributed by atoms with E-state index in [0.717, 1.165) is 6.42 Å². The molecule has 82 valence electrons. The Balaban J connectivity index is 3.55. The van der Waals surface area contributed by atoms with Gasteiger partial charge < -0.3 is 15.8 Å². The van der Waals surface area contributed by atoms with Gasteiger partial charge in [0.05, 0.1) is 0 Å². The SMILES string of the molecule is CC(C)(C)OC(=O)NC/C=C\CCN. The van der Waals surface area contributed by atoms with Gasteiger partial charge in [-0.05, 0) is 33.7 Å². The molecule has 0 radical (unpaired) electrons. The van der Waals surface area contributed by atoms with E-state index in [1.54, 1.807) is 0 Å². The second-order valence-electron chi connectivity index (χ2n) is 3.93. The molecule has 0 aromatic carbocycles. The van der Waals surface area contributed by atoms with Gasteiger partial charge >= 0.3 is 6.09 Å². The summed E-state index contributed by atoms with van der Waals surface area (Å²) in [6, 6.07) is 0. The number of rotatable bonds is 4. The predicted octanol–water partition coefficient (Wildman–Crippen LogP) is 1.42. The summed E-state index contributed by atoms with van der Waals surface area (Å²) in [4.78, 5) is 11.1. The fraction of sp³-hybridized carbons (Fsp3) is 0.700. The lowest BCUT2D eigenvalue weighted by molar-refractivity contribution is 0.0534. The van der Waals surface area contributed by atoms with Gasteiger partial charge in [0.25, 0.3) is 0 Å². The van der Waals surface area contributed by atoms with Gasteiger partial charge in [0, 0.05) is 6.54 Å². The number of nitrogens with two attached hydrogens (primary N) is 1. The number of hydrogen-bond donors (Lipinski definition) is 2. The Hall–Kier alpha value is -1.03. The minimum Gasteiger partial charge on any atom is -0.444 e. The number of nitrogens with one attached hydrogen (secondary N) is 1. The summed E-state index contributed by atoms with van der Waals surface area (Å²) in [6.45, 7) is 6.60. The lowest BCUT2D eigenvalue weighted by Gasteiger charge is -2.19. The highest BCUT2D eigenvalue weighted by Gasteiger charge is 2.14. The molecule has 0 fully saturated rings. The van der Waals surface area contributed by atoms with Crippen LogP contribution in [0.4, 0.5) is 4.79 Å². The first-order chi connectivity index (χ1) is 6.45. The van der Waals surface area contributed by atoms with Crippen LogP contribution in [-0.2, 0) is 4.74 Å². The van der Waals surface area contributed by atoms with Crippen LogP contribution in [0.2, 0.25) is 0 Å². The normalized spacial score (nSPS) is 11.7. The molecule has 0 aliphatic carbocycles. The Morgan fingerprint density at radius 1 is 1.43 bits per heavy atom. The predicted molar refractivity (Wildman–Crippen MR) is 57.0 cm³/mol. The van der Waals surface area contributed by atoms with Crippen molar-refractivity contribution in [2.24, 2.45) is 5.73 Å². The first-order valence-corrected chi connectivity index (χ1v) is 4.77. The molecule has 3 N–H and O–H groups in total. The molecule has 0 aliphatic rings. The van der Waals surface area contributed by atoms with Crippen LogP contribution in [0, 0.1) is 0 Å². The van der Waals surface area contributed by atoms with E-state index in [-0.39, 0.29) is 0 Å². The van der Waals surface area contributed by atoms with E-state index in [2.05, 4.69) is 5.32 Å². The highest BCUT2D eigenvalue weighted by molar-refractivity contribution is 5.67. The van der Waals surface area contributed by atoms with Crippen LogP contribution in [0.15, 0.2) is 12.2 Å². The Morgan fingerprint density at radius 3 is 2.57 bits per heavy atom. The number of amides is 1. The zero-order valence-corrected chi connectivity index (χ0v) is 9.17. The van der Waals surface area contributed by atoms with Gasteiger partial charge in [-0.3, -0.25) is 0 Å². The van der Waals surface area contributed by atoms with Gasteiger partial charge in [0.15, 0.2) is 0 Å². The Morgan fingerprint density at radius 2 is 2.07 bits per heavy atom. The van der Waals surface area contributed by atoms with Crippen LogP contribution in [0.3, 0.4) is 0 Å². The summed E-state index contributed by atoms with van der Waals surface area (Å²) >= 11 is 0. The molecule has 4 heteroatoms. The van der Waals surface area contributed by atoms with Crippen molar-refractivity contribution in [3.05, 3.63) is 12.2 Å². The van der Waals surface area contributed by atoms with Crippen molar-refractivity contribution in [1.29, 1.82) is 0 Å². The molecule has 0 heterocycles. The monoisotopic (exact) mass is 200 g/mol. The topological polar surface area (TPSA) is 64.3 Å². The van der Waals surface area contributed by atoms with Crippen molar-refractivity contribution >= 4 is 6.09 Å². The summed E-state index contributed by atoms with van der Waals surface area (Å²) in [5.74, 6) is 0. The maximum absolute atomic E-state index is 11.1. The van der Waals surface area contributed by atoms with Gasteiger partial charge in [-0.1, -0.05) is 12.2 Å². The highest BCUT2D eigenvalue weighted by Crippen LogP contribution is 2.05. The van der Waals surface area contributed by atoms with Crippen LogP contribution in [0.1, 0.15) is 27.2 Å². The van der Waals surface area contributed by atoms with Crippen LogP contribution >= 0.6 is 0 Å². The van der Waals surface area contributed by atoms with E-state index in [4.69, 9.17) is 10.5 Å². The molecule has 0 saturated heterocycles. The van der Waals surface area contributed by atoms with Crippen molar-refractivity contribution in [3.63, 3.8) is 0 Å². The smallest absolute Gasteiger partial charge is 0.407 e. The van der Waals surface area contributed by atoms with Crippen LogP contribution in [0.5, 0.6) is 0 Å². The third kappa shape index (κ3) is 9.06. The Labute approximate surface area is 85.5 Å². The zero-order chi connectivity index (χ0) is 11.0. The Kier molecular flexibility index (Phi) is 5.95. The number of ether oxygens (including phenoxy) is 1. The number of carbonyl (C=O) groups is 1. The molecule has 0 atom stereocenters. The van der Waals surface area contributed by atoms with Crippen molar-refractivity contribution in [1.82, 2.24) is 5.32 Å². The van der Waals surface area contributed by atoms with Crippen molar-refractivity contribution in [3.8, 4) is 0 Å². The molecule has 0 spiro atoms. The average molecular weight is 200 g/mol. The minimum atomic E-state index is -0.439. The number of carbonyl (C=O) groups excluding carboxylic acids is 1. The van der Waals surface area contributed by atoms with E-state index in [9.17, 15) is 4.79 Å². The largest absolute Gasteiger partial charge is 0.444 e. The second-order valence-corrected chi connectivity index (χ2v) is 3.93. The molecule has 0 rings (SSSR count). The molecule has 14 heavy (non-hydrogen) atoms. The lowest BCUT2D eigenvalue weighted by Crippen LogP contribution is -2.32. The lowest BCUT2D eigenvalue weighted by atomic mass is 10.2. The van der Waals surface area contributed by atoms with Crippen molar-refractivity contribution < 1.29 is 9.53 Å². The standard InChI is InChI=1S/C10H20N2O2/c1-10(2,3)14-9(13)12-8-6-4-5-7-11/h4,6H,5,7-8,11H2,1-3H3,(H,12,13)/b6-4-. The fourth-order valence-corrected chi connectivity index (χ4v) is 0.754. The molecule has 0 saturated carbocycles. The van der Waals surface area contributed by atoms with E-state index in [1.165, 1.54) is 0 Å². The first kappa shape index (κ1) is 13.0. The molecule has 1 amide bonds. The van der Waals surface area contributed by atoms with Gasteiger partial charge in [0.1, 0.15) is 5.60 Å². The summed E-state index contributed by atoms with van der Waals surface area (Å²) < 4.78 is 5.04. The summed E-state index contributed by atoms with van der Waals surface area (Å²) in [5.41, 5.74) is 4.85. The quantitative estimate of drug-likeness (QED) is 0.674. The molecular formula is C10H20N2O2. The van der Waals surface area contributed by atoms with Crippen LogP contribution < -0.4 is 11.1 Å². The van der Waals surface area contributed by atoms with Crippen molar-refractivity contribution in [2.75, 3.05) is 13.1 Å². The van der Waals surface area contributed by atoms with E-state index >= 15 is 0 Å². The third-order valence-corrected chi connectivity index (χ3v) is 1.26. The molecule has 0 aliphatic heterocycles. The highest BCUT2D eigenvalue weighted by atomic mass is 16.6. The molecule has 0 unspecified atom stereocenters. The molecule has 4 nitrogen and oxygen atoms in total. The minimum absolute atomic E-state index is 0.394. The maximum Gasteiger partial charge on any atom is 0.407 e. The number of hydrogen-bond acceptors (Lipinski definition) is 3.